The second-order valence-electron chi connectivity index (χ2n) is 13.2. The number of nitrogens with two attached hydrogens (primary N) is 1. The van der Waals surface area contributed by atoms with E-state index in [9.17, 15) is 19.2 Å². The molecule has 15 heteroatoms. The predicted molar refractivity (Wildman–Crippen MR) is 194 cm³/mol. The summed E-state index contributed by atoms with van der Waals surface area (Å²) in [4.78, 5) is 64.8. The maximum absolute atomic E-state index is 13.3. The van der Waals surface area contributed by atoms with Gasteiger partial charge in [-0.2, -0.15) is 0 Å². The van der Waals surface area contributed by atoms with Gasteiger partial charge >= 0.3 is 0 Å². The van der Waals surface area contributed by atoms with Crippen molar-refractivity contribution in [2.75, 3.05) is 36.6 Å². The summed E-state index contributed by atoms with van der Waals surface area (Å²) in [5.41, 5.74) is 11.4. The Morgan fingerprint density at radius 1 is 1.00 bits per heavy atom. The number of amides is 4. The van der Waals surface area contributed by atoms with Gasteiger partial charge in [-0.25, -0.2) is 4.98 Å². The van der Waals surface area contributed by atoms with Crippen LogP contribution >= 0.6 is 0 Å². The van der Waals surface area contributed by atoms with Crippen LogP contribution in [0.1, 0.15) is 61.9 Å². The van der Waals surface area contributed by atoms with E-state index in [0.29, 0.717) is 72.3 Å². The van der Waals surface area contributed by atoms with Crippen LogP contribution in [-0.4, -0.2) is 80.1 Å². The molecule has 268 valence electrons. The number of nitrogen functional groups attached to an aromatic ring is 1. The highest BCUT2D eigenvalue weighted by Crippen LogP contribution is 2.38. The van der Waals surface area contributed by atoms with Gasteiger partial charge in [-0.15, -0.1) is 0 Å². The number of aromatic nitrogens is 3. The minimum Gasteiger partial charge on any atom is -0.493 e. The molecular weight excluding hydrogens is 666 g/mol. The average molecular weight is 706 g/mol. The zero-order valence-electron chi connectivity index (χ0n) is 29.1. The Morgan fingerprint density at radius 3 is 2.62 bits per heavy atom. The number of methoxy groups -OCH3 is 1. The SMILES string of the molecule is C=C1CC2C=Nc3cc(OCCCC(=O)Nc4cn(C)c(C(=O)Nc5cc(C(=O)N6Cc7ccc(N)cc7C6)n(C)c5)n4)c(OC)cc3C(=O)N2C1. The van der Waals surface area contributed by atoms with Gasteiger partial charge in [0.05, 0.1) is 36.7 Å². The lowest BCUT2D eigenvalue weighted by molar-refractivity contribution is -0.116. The van der Waals surface area contributed by atoms with E-state index in [1.165, 1.54) is 11.7 Å². The summed E-state index contributed by atoms with van der Waals surface area (Å²) in [5, 5.41) is 5.53. The lowest BCUT2D eigenvalue weighted by Crippen LogP contribution is -2.35. The number of carbonyl (C=O) groups excluding carboxylic acids is 4. The summed E-state index contributed by atoms with van der Waals surface area (Å²) < 4.78 is 14.6. The van der Waals surface area contributed by atoms with Crippen LogP contribution in [0.3, 0.4) is 0 Å². The molecule has 1 atom stereocenters. The predicted octanol–water partition coefficient (Wildman–Crippen LogP) is 4.04. The molecule has 15 nitrogen and oxygen atoms in total. The van der Waals surface area contributed by atoms with Gasteiger partial charge in [0.1, 0.15) is 5.69 Å². The topological polar surface area (TPSA) is 178 Å². The lowest BCUT2D eigenvalue weighted by Gasteiger charge is -2.20. The molecule has 4 N–H and O–H groups in total. The summed E-state index contributed by atoms with van der Waals surface area (Å²) in [6.07, 6.45) is 6.15. The molecule has 1 unspecified atom stereocenters. The minimum absolute atomic E-state index is 0.0738. The normalized spacial score (nSPS) is 15.9. The number of ether oxygens (including phenoxy) is 2. The van der Waals surface area contributed by atoms with Crippen molar-refractivity contribution >= 4 is 52.7 Å². The lowest BCUT2D eigenvalue weighted by atomic mass is 10.1. The Bertz CT molecular complexity index is 2170. The van der Waals surface area contributed by atoms with Crippen LogP contribution < -0.4 is 25.8 Å². The van der Waals surface area contributed by atoms with Crippen LogP contribution in [0.15, 0.2) is 65.9 Å². The van der Waals surface area contributed by atoms with Crippen molar-refractivity contribution in [2.24, 2.45) is 19.1 Å². The maximum atomic E-state index is 13.3. The van der Waals surface area contributed by atoms with Crippen molar-refractivity contribution in [3.05, 3.63) is 89.2 Å². The zero-order valence-corrected chi connectivity index (χ0v) is 29.1. The van der Waals surface area contributed by atoms with Gasteiger partial charge in [0.2, 0.25) is 11.7 Å². The molecule has 52 heavy (non-hydrogen) atoms. The summed E-state index contributed by atoms with van der Waals surface area (Å²) in [5.74, 6) is -0.00861. The molecule has 1 fully saturated rings. The number of benzene rings is 2. The van der Waals surface area contributed by atoms with E-state index >= 15 is 0 Å². The number of aliphatic imine (C=N–C) groups is 1. The molecule has 2 aromatic heterocycles. The first-order valence-electron chi connectivity index (χ1n) is 16.8. The highest BCUT2D eigenvalue weighted by atomic mass is 16.5. The number of aryl methyl sites for hydroxylation is 2. The molecule has 0 saturated carbocycles. The third-order valence-corrected chi connectivity index (χ3v) is 9.33. The molecule has 4 amide bonds. The molecular formula is C37H39N9O6. The van der Waals surface area contributed by atoms with E-state index in [-0.39, 0.29) is 48.4 Å². The quantitative estimate of drug-likeness (QED) is 0.126. The number of fused-ring (bicyclic) bond motifs is 3. The number of rotatable bonds is 10. The van der Waals surface area contributed by atoms with Crippen LogP contribution in [-0.2, 0) is 32.0 Å². The summed E-state index contributed by atoms with van der Waals surface area (Å²) in [6, 6.07) is 10.5. The Balaban J connectivity index is 0.911. The van der Waals surface area contributed by atoms with Gasteiger partial charge in [0.25, 0.3) is 17.7 Å². The molecule has 5 heterocycles. The fourth-order valence-corrected chi connectivity index (χ4v) is 6.72. The Kier molecular flexibility index (Phi) is 9.00. The number of imidazole rings is 1. The standard InChI is InChI=1S/C37H39N9O6/c1-21-10-26-15-39-28-14-31(30(51-4)13-27(28)36(49)46(26)16-21)52-9-5-6-33(47)41-32-20-44(3)34(42-32)35(48)40-25-12-29(43(2)19-25)37(50)45-17-22-7-8-24(38)11-23(22)18-45/h7-8,11-15,19-20,26H,1,5-6,9-10,16-18,38H2,2-4H3,(H,40,48)(H,41,47). The fraction of sp³-hybridized carbons (Fsp3) is 0.297. The second-order valence-corrected chi connectivity index (χ2v) is 13.2. The number of carbonyl (C=O) groups is 4. The van der Waals surface area contributed by atoms with Gasteiger partial charge in [0.15, 0.2) is 17.3 Å². The molecule has 0 aliphatic carbocycles. The monoisotopic (exact) mass is 705 g/mol. The average Bonchev–Trinajstić information content (AvgIpc) is 3.88. The fourth-order valence-electron chi connectivity index (χ4n) is 6.72. The molecule has 3 aliphatic heterocycles. The van der Waals surface area contributed by atoms with Crippen molar-refractivity contribution in [3.8, 4) is 11.5 Å². The highest BCUT2D eigenvalue weighted by molar-refractivity contribution is 6.05. The van der Waals surface area contributed by atoms with Crippen molar-refractivity contribution in [1.82, 2.24) is 23.9 Å². The summed E-state index contributed by atoms with van der Waals surface area (Å²) in [6.45, 7) is 5.65. The van der Waals surface area contributed by atoms with Crippen LogP contribution in [0.25, 0.3) is 0 Å². The van der Waals surface area contributed by atoms with E-state index in [1.54, 1.807) is 65.3 Å². The van der Waals surface area contributed by atoms with Gasteiger partial charge in [-0.1, -0.05) is 18.2 Å². The van der Waals surface area contributed by atoms with Gasteiger partial charge in [-0.3, -0.25) is 24.2 Å². The van der Waals surface area contributed by atoms with E-state index in [2.05, 4.69) is 27.2 Å². The third kappa shape index (κ3) is 6.72. The van der Waals surface area contributed by atoms with E-state index in [0.717, 1.165) is 16.7 Å². The minimum atomic E-state index is -0.503. The van der Waals surface area contributed by atoms with E-state index in [1.807, 2.05) is 18.2 Å². The maximum Gasteiger partial charge on any atom is 0.291 e. The van der Waals surface area contributed by atoms with Crippen LogP contribution in [0.5, 0.6) is 11.5 Å². The van der Waals surface area contributed by atoms with Crippen molar-refractivity contribution < 1.29 is 28.7 Å². The molecule has 3 aliphatic rings. The van der Waals surface area contributed by atoms with Crippen LogP contribution in [0.4, 0.5) is 22.9 Å². The molecule has 2 aromatic carbocycles. The smallest absolute Gasteiger partial charge is 0.291 e. The molecule has 4 aromatic rings. The van der Waals surface area contributed by atoms with Crippen molar-refractivity contribution in [2.45, 2.75) is 38.4 Å². The van der Waals surface area contributed by atoms with Crippen LogP contribution in [0.2, 0.25) is 0 Å². The molecule has 0 radical (unpaired) electrons. The second kappa shape index (κ2) is 13.7. The molecule has 0 bridgehead atoms. The number of hydrogen-bond acceptors (Lipinski definition) is 9. The Labute approximate surface area is 299 Å². The first-order chi connectivity index (χ1) is 25.0. The number of anilines is 3. The van der Waals surface area contributed by atoms with Crippen LogP contribution in [0, 0.1) is 0 Å². The van der Waals surface area contributed by atoms with Crippen molar-refractivity contribution in [3.63, 3.8) is 0 Å². The molecule has 0 spiro atoms. The largest absolute Gasteiger partial charge is 0.493 e. The number of nitrogens with one attached hydrogen (secondary N) is 2. The molecule has 1 saturated heterocycles. The van der Waals surface area contributed by atoms with Gasteiger partial charge in [0, 0.05) is 70.5 Å². The first-order valence-corrected chi connectivity index (χ1v) is 16.8. The first kappa shape index (κ1) is 34.1. The highest BCUT2D eigenvalue weighted by Gasteiger charge is 2.34. The van der Waals surface area contributed by atoms with E-state index in [4.69, 9.17) is 15.2 Å². The molecule has 7 rings (SSSR count). The van der Waals surface area contributed by atoms with Crippen molar-refractivity contribution in [1.29, 1.82) is 0 Å². The van der Waals surface area contributed by atoms with E-state index < -0.39 is 5.91 Å². The Hall–Kier alpha value is -6.38. The zero-order chi connectivity index (χ0) is 36.7. The third-order valence-electron chi connectivity index (χ3n) is 9.33. The number of nitrogens with zero attached hydrogens (tertiary/aromatic N) is 6. The summed E-state index contributed by atoms with van der Waals surface area (Å²) >= 11 is 0. The van der Waals surface area contributed by atoms with Gasteiger partial charge < -0.3 is 44.8 Å². The Morgan fingerprint density at radius 2 is 1.81 bits per heavy atom. The van der Waals surface area contributed by atoms with Gasteiger partial charge in [-0.05, 0) is 48.2 Å². The number of hydrogen-bond donors (Lipinski definition) is 3. The summed E-state index contributed by atoms with van der Waals surface area (Å²) in [7, 11) is 4.89.